The quantitative estimate of drug-likeness (QED) is 0.750. The number of hydrogen-bond donors (Lipinski definition) is 2. The minimum absolute atomic E-state index is 0.484. The molecular weight excluding hydrogens is 196 g/mol. The molecule has 0 radical (unpaired) electrons. The zero-order valence-corrected chi connectivity index (χ0v) is 9.88. The summed E-state index contributed by atoms with van der Waals surface area (Å²) in [4.78, 5) is 3.39. The van der Waals surface area contributed by atoms with Crippen molar-refractivity contribution in [1.82, 2.24) is 10.3 Å². The lowest BCUT2D eigenvalue weighted by molar-refractivity contribution is 0.421. The Bertz CT molecular complexity index is 510. The molecule has 2 N–H and O–H groups in total. The lowest BCUT2D eigenvalue weighted by Crippen LogP contribution is -2.25. The molecule has 1 aromatic carbocycles. The fourth-order valence-electron chi connectivity index (χ4n) is 2.81. The van der Waals surface area contributed by atoms with E-state index < -0.39 is 0 Å². The molecule has 0 aliphatic carbocycles. The molecule has 2 nitrogen and oxygen atoms in total. The Labute approximate surface area is 96.1 Å². The van der Waals surface area contributed by atoms with E-state index in [0.717, 1.165) is 13.0 Å². The molecule has 0 saturated carbocycles. The molecule has 0 spiro atoms. The third kappa shape index (κ3) is 1.37. The highest BCUT2D eigenvalue weighted by atomic mass is 14.9. The van der Waals surface area contributed by atoms with Crippen LogP contribution < -0.4 is 5.32 Å². The Hall–Kier alpha value is -1.28. The second-order valence-corrected chi connectivity index (χ2v) is 5.01. The van der Waals surface area contributed by atoms with Gasteiger partial charge in [-0.15, -0.1) is 0 Å². The van der Waals surface area contributed by atoms with Crippen molar-refractivity contribution in [3.05, 3.63) is 35.5 Å². The first-order valence-corrected chi connectivity index (χ1v) is 6.09. The summed E-state index contributed by atoms with van der Waals surface area (Å²) in [6.45, 7) is 5.64. The van der Waals surface area contributed by atoms with Crippen molar-refractivity contribution in [2.75, 3.05) is 6.54 Å². The highest BCUT2D eigenvalue weighted by Gasteiger charge is 2.22. The van der Waals surface area contributed by atoms with Gasteiger partial charge in [-0.25, -0.2) is 0 Å². The first-order valence-electron chi connectivity index (χ1n) is 6.09. The van der Waals surface area contributed by atoms with Crippen molar-refractivity contribution in [3.8, 4) is 0 Å². The van der Waals surface area contributed by atoms with Gasteiger partial charge < -0.3 is 10.3 Å². The lowest BCUT2D eigenvalue weighted by Gasteiger charge is -2.20. The Morgan fingerprint density at radius 3 is 3.00 bits per heavy atom. The Kier molecular flexibility index (Phi) is 2.25. The topological polar surface area (TPSA) is 27.8 Å². The molecule has 1 aliphatic heterocycles. The van der Waals surface area contributed by atoms with Crippen LogP contribution in [0.3, 0.4) is 0 Å². The summed E-state index contributed by atoms with van der Waals surface area (Å²) in [5.41, 5.74) is 4.20. The van der Waals surface area contributed by atoms with Gasteiger partial charge in [0.1, 0.15) is 0 Å². The van der Waals surface area contributed by atoms with E-state index in [4.69, 9.17) is 0 Å². The maximum Gasteiger partial charge on any atom is 0.0460 e. The van der Waals surface area contributed by atoms with Gasteiger partial charge in [0.15, 0.2) is 0 Å². The van der Waals surface area contributed by atoms with Crippen molar-refractivity contribution in [2.24, 2.45) is 5.92 Å². The van der Waals surface area contributed by atoms with Crippen LogP contribution in [-0.4, -0.2) is 11.5 Å². The smallest absolute Gasteiger partial charge is 0.0460 e. The van der Waals surface area contributed by atoms with Crippen LogP contribution in [0.15, 0.2) is 24.4 Å². The second-order valence-electron chi connectivity index (χ2n) is 5.01. The van der Waals surface area contributed by atoms with E-state index in [-0.39, 0.29) is 0 Å². The fourth-order valence-corrected chi connectivity index (χ4v) is 2.81. The normalized spacial score (nSPS) is 20.3. The molecule has 2 heteroatoms. The van der Waals surface area contributed by atoms with Gasteiger partial charge in [-0.2, -0.15) is 0 Å². The molecule has 3 rings (SSSR count). The Morgan fingerprint density at radius 2 is 2.19 bits per heavy atom. The minimum atomic E-state index is 0.484. The largest absolute Gasteiger partial charge is 0.361 e. The number of aromatic amines is 1. The number of rotatable bonds is 1. The molecule has 84 valence electrons. The van der Waals surface area contributed by atoms with Crippen molar-refractivity contribution >= 4 is 10.9 Å². The SMILES string of the molecule is CC(C)C1NCCc2cccc3[nH]cc1c23. The summed E-state index contributed by atoms with van der Waals surface area (Å²) >= 11 is 0. The first kappa shape index (κ1) is 9.91. The average molecular weight is 214 g/mol. The summed E-state index contributed by atoms with van der Waals surface area (Å²) in [5.74, 6) is 0.630. The van der Waals surface area contributed by atoms with E-state index in [2.05, 4.69) is 48.5 Å². The summed E-state index contributed by atoms with van der Waals surface area (Å²) in [5, 5.41) is 5.10. The van der Waals surface area contributed by atoms with Crippen molar-refractivity contribution in [2.45, 2.75) is 26.3 Å². The van der Waals surface area contributed by atoms with Gasteiger partial charge in [-0.3, -0.25) is 0 Å². The molecule has 1 unspecified atom stereocenters. The van der Waals surface area contributed by atoms with Gasteiger partial charge in [0.25, 0.3) is 0 Å². The van der Waals surface area contributed by atoms with E-state index in [1.165, 1.54) is 22.0 Å². The molecule has 1 atom stereocenters. The van der Waals surface area contributed by atoms with E-state index in [1.807, 2.05) is 0 Å². The maximum atomic E-state index is 3.65. The third-order valence-corrected chi connectivity index (χ3v) is 3.58. The van der Waals surface area contributed by atoms with E-state index in [1.54, 1.807) is 0 Å². The zero-order valence-electron chi connectivity index (χ0n) is 9.88. The number of hydrogen-bond acceptors (Lipinski definition) is 1. The molecule has 1 aliphatic rings. The minimum Gasteiger partial charge on any atom is -0.361 e. The molecule has 2 heterocycles. The second kappa shape index (κ2) is 3.63. The molecule has 0 fully saturated rings. The van der Waals surface area contributed by atoms with Crippen LogP contribution in [0.5, 0.6) is 0 Å². The van der Waals surface area contributed by atoms with E-state index in [9.17, 15) is 0 Å². The van der Waals surface area contributed by atoms with Gasteiger partial charge in [-0.05, 0) is 36.1 Å². The van der Waals surface area contributed by atoms with Crippen LogP contribution in [0.2, 0.25) is 0 Å². The van der Waals surface area contributed by atoms with E-state index in [0.29, 0.717) is 12.0 Å². The molecule has 0 amide bonds. The van der Waals surface area contributed by atoms with Crippen LogP contribution in [0.1, 0.15) is 31.0 Å². The maximum absolute atomic E-state index is 3.65. The van der Waals surface area contributed by atoms with Crippen molar-refractivity contribution < 1.29 is 0 Å². The zero-order chi connectivity index (χ0) is 11.1. The first-order chi connectivity index (χ1) is 7.77. The van der Waals surface area contributed by atoms with E-state index >= 15 is 0 Å². The van der Waals surface area contributed by atoms with Crippen molar-refractivity contribution in [3.63, 3.8) is 0 Å². The molecular formula is C14H18N2. The Balaban J connectivity index is 2.26. The fraction of sp³-hybridized carbons (Fsp3) is 0.429. The number of benzene rings is 1. The van der Waals surface area contributed by atoms with Crippen LogP contribution in [0.4, 0.5) is 0 Å². The molecule has 0 saturated heterocycles. The molecule has 2 aromatic rings. The predicted molar refractivity (Wildman–Crippen MR) is 67.6 cm³/mol. The van der Waals surface area contributed by atoms with Crippen LogP contribution in [0.25, 0.3) is 10.9 Å². The summed E-state index contributed by atoms with van der Waals surface area (Å²) in [7, 11) is 0. The summed E-state index contributed by atoms with van der Waals surface area (Å²) < 4.78 is 0. The number of aromatic nitrogens is 1. The summed E-state index contributed by atoms with van der Waals surface area (Å²) in [6, 6.07) is 7.06. The molecule has 0 bridgehead atoms. The van der Waals surface area contributed by atoms with Crippen molar-refractivity contribution in [1.29, 1.82) is 0 Å². The summed E-state index contributed by atoms with van der Waals surface area (Å²) in [6.07, 6.45) is 3.31. The highest BCUT2D eigenvalue weighted by Crippen LogP contribution is 2.33. The van der Waals surface area contributed by atoms with Crippen LogP contribution in [-0.2, 0) is 6.42 Å². The third-order valence-electron chi connectivity index (χ3n) is 3.58. The van der Waals surface area contributed by atoms with Gasteiger partial charge in [-0.1, -0.05) is 26.0 Å². The average Bonchev–Trinajstić information content (AvgIpc) is 2.57. The highest BCUT2D eigenvalue weighted by molar-refractivity contribution is 5.87. The number of nitrogens with one attached hydrogen (secondary N) is 2. The van der Waals surface area contributed by atoms with Crippen LogP contribution in [0, 0.1) is 5.92 Å². The van der Waals surface area contributed by atoms with Gasteiger partial charge in [0, 0.05) is 23.1 Å². The molecule has 16 heavy (non-hydrogen) atoms. The standard InChI is InChI=1S/C14H18N2/c1-9(2)14-11-8-16-12-5-3-4-10(13(11)12)6-7-15-14/h3-5,8-9,14-16H,6-7H2,1-2H3. The molecule has 1 aromatic heterocycles. The Morgan fingerprint density at radius 1 is 1.31 bits per heavy atom. The van der Waals surface area contributed by atoms with Gasteiger partial charge >= 0.3 is 0 Å². The monoisotopic (exact) mass is 214 g/mol. The van der Waals surface area contributed by atoms with Crippen LogP contribution >= 0.6 is 0 Å². The van der Waals surface area contributed by atoms with Gasteiger partial charge in [0.2, 0.25) is 0 Å². The lowest BCUT2D eigenvalue weighted by atomic mass is 9.95. The van der Waals surface area contributed by atoms with Gasteiger partial charge in [0.05, 0.1) is 0 Å². The number of H-pyrrole nitrogens is 1. The predicted octanol–water partition coefficient (Wildman–Crippen LogP) is 3.01.